The molecule has 3 aromatic carbocycles. The van der Waals surface area contributed by atoms with Crippen LogP contribution in [0.1, 0.15) is 72.6 Å². The average molecular weight is 749 g/mol. The monoisotopic (exact) mass is 748 g/mol. The number of methoxy groups -OCH3 is 1. The van der Waals surface area contributed by atoms with Gasteiger partial charge in [-0.25, -0.2) is 13.1 Å². The topological polar surface area (TPSA) is 119 Å². The standard InChI is InChI=1S/C39H43F3N6O4S/c1-8-48-36-32(52-7)19-31(25(4)35(36)45-46-48)34(38(5,6)37(49)44-30-10-9-15-43-20-30)26-12-11-24(3)28(17-26)22-47-21-23(2)16-27-18-29(39(40,41)42)13-14-33(27)53(47,50)51/h9-15,17-20,23,34H,8,16,21-22H2,1-7H3,(H,44,49)/t23-,34?/m0/s1. The quantitative estimate of drug-likeness (QED) is 0.164. The second kappa shape index (κ2) is 14.2. The number of halogens is 3. The van der Waals surface area contributed by atoms with Crippen LogP contribution in [0.4, 0.5) is 18.9 Å². The second-order valence-corrected chi connectivity index (χ2v) is 16.3. The van der Waals surface area contributed by atoms with E-state index in [9.17, 15) is 26.4 Å². The molecule has 53 heavy (non-hydrogen) atoms. The predicted octanol–water partition coefficient (Wildman–Crippen LogP) is 7.67. The number of aryl methyl sites for hydroxylation is 3. The molecule has 5 aromatic rings. The SMILES string of the molecule is CCn1nnc2c(C)c(C(c3ccc(C)c(CN4C[C@@H](C)Cc5cc(C(F)(F)F)ccc5S4(=O)=O)c3)C(C)(C)C(=O)Nc3cccnc3)cc(OC)c21. The summed E-state index contributed by atoms with van der Waals surface area (Å²) in [6, 6.07) is 14.0. The first-order chi connectivity index (χ1) is 25.0. The van der Waals surface area contributed by atoms with Crippen molar-refractivity contribution in [3.05, 3.63) is 106 Å². The molecule has 14 heteroatoms. The largest absolute Gasteiger partial charge is 0.494 e. The maximum atomic E-state index is 14.3. The fourth-order valence-electron chi connectivity index (χ4n) is 7.36. The number of alkyl halides is 3. The second-order valence-electron chi connectivity index (χ2n) is 14.4. The minimum absolute atomic E-state index is 0.0198. The van der Waals surface area contributed by atoms with Crippen LogP contribution < -0.4 is 10.1 Å². The van der Waals surface area contributed by atoms with Crippen LogP contribution >= 0.6 is 0 Å². The van der Waals surface area contributed by atoms with Crippen LogP contribution in [0.15, 0.2) is 71.9 Å². The molecular weight excluding hydrogens is 706 g/mol. The van der Waals surface area contributed by atoms with Crippen molar-refractivity contribution in [3.8, 4) is 5.75 Å². The van der Waals surface area contributed by atoms with Crippen LogP contribution in [0.25, 0.3) is 11.0 Å². The molecule has 1 aliphatic heterocycles. The summed E-state index contributed by atoms with van der Waals surface area (Å²) in [5, 5.41) is 11.9. The zero-order valence-corrected chi connectivity index (χ0v) is 31.6. The molecule has 6 rings (SSSR count). The molecular formula is C39H43F3N6O4S. The van der Waals surface area contributed by atoms with Gasteiger partial charge in [0.25, 0.3) is 0 Å². The number of hydrogen-bond donors (Lipinski definition) is 1. The molecule has 1 amide bonds. The van der Waals surface area contributed by atoms with E-state index < -0.39 is 33.1 Å². The van der Waals surface area contributed by atoms with E-state index >= 15 is 0 Å². The normalized spacial score (nSPS) is 16.9. The number of pyridine rings is 1. The van der Waals surface area contributed by atoms with Gasteiger partial charge in [0.2, 0.25) is 15.9 Å². The van der Waals surface area contributed by atoms with Gasteiger partial charge in [0.05, 0.1) is 34.9 Å². The molecule has 0 fully saturated rings. The van der Waals surface area contributed by atoms with Crippen LogP contribution in [0.3, 0.4) is 0 Å². The summed E-state index contributed by atoms with van der Waals surface area (Å²) in [5.74, 6) is -0.568. The van der Waals surface area contributed by atoms with Crippen molar-refractivity contribution >= 4 is 32.7 Å². The molecule has 3 heterocycles. The summed E-state index contributed by atoms with van der Waals surface area (Å²) in [6.45, 7) is 12.0. The number of rotatable bonds is 9. The molecule has 2 atom stereocenters. The molecule has 0 aliphatic carbocycles. The summed E-state index contributed by atoms with van der Waals surface area (Å²) >= 11 is 0. The van der Waals surface area contributed by atoms with Gasteiger partial charge in [-0.1, -0.05) is 44.2 Å². The van der Waals surface area contributed by atoms with Gasteiger partial charge in [-0.3, -0.25) is 9.78 Å². The first-order valence-electron chi connectivity index (χ1n) is 17.4. The number of anilines is 1. The lowest BCUT2D eigenvalue weighted by molar-refractivity contribution is -0.137. The molecule has 10 nitrogen and oxygen atoms in total. The van der Waals surface area contributed by atoms with E-state index in [0.717, 1.165) is 46.0 Å². The number of carbonyl (C=O) groups excluding carboxylic acids is 1. The number of ether oxygens (including phenoxy) is 1. The van der Waals surface area contributed by atoms with Crippen molar-refractivity contribution in [3.63, 3.8) is 0 Å². The number of carbonyl (C=O) groups is 1. The highest BCUT2D eigenvalue weighted by Crippen LogP contribution is 2.46. The Balaban J connectivity index is 1.48. The van der Waals surface area contributed by atoms with E-state index in [2.05, 4.69) is 20.6 Å². The third-order valence-electron chi connectivity index (χ3n) is 10.2. The molecule has 1 N–H and O–H groups in total. The van der Waals surface area contributed by atoms with E-state index in [4.69, 9.17) is 4.74 Å². The Morgan fingerprint density at radius 3 is 2.51 bits per heavy atom. The third kappa shape index (κ3) is 7.13. The van der Waals surface area contributed by atoms with Crippen LogP contribution in [0, 0.1) is 25.2 Å². The first kappa shape index (κ1) is 37.9. The predicted molar refractivity (Wildman–Crippen MR) is 196 cm³/mol. The van der Waals surface area contributed by atoms with Crippen molar-refractivity contribution in [1.82, 2.24) is 24.3 Å². The maximum absolute atomic E-state index is 14.3. The third-order valence-corrected chi connectivity index (χ3v) is 12.2. The number of aromatic nitrogens is 4. The lowest BCUT2D eigenvalue weighted by Crippen LogP contribution is -2.37. The fourth-order valence-corrected chi connectivity index (χ4v) is 9.11. The number of amides is 1. The number of benzene rings is 3. The van der Waals surface area contributed by atoms with Gasteiger partial charge in [-0.05, 0) is 103 Å². The number of fused-ring (bicyclic) bond motifs is 2. The molecule has 0 saturated carbocycles. The molecule has 1 unspecified atom stereocenters. The van der Waals surface area contributed by atoms with E-state index in [1.165, 1.54) is 4.31 Å². The van der Waals surface area contributed by atoms with Gasteiger partial charge in [0, 0.05) is 31.7 Å². The van der Waals surface area contributed by atoms with Crippen LogP contribution in [0.5, 0.6) is 5.75 Å². The first-order valence-corrected chi connectivity index (χ1v) is 18.8. The summed E-state index contributed by atoms with van der Waals surface area (Å²) in [4.78, 5) is 18.3. The molecule has 0 saturated heterocycles. The van der Waals surface area contributed by atoms with Gasteiger partial charge in [-0.15, -0.1) is 5.10 Å². The molecule has 0 bridgehead atoms. The van der Waals surface area contributed by atoms with Crippen molar-refractivity contribution in [2.24, 2.45) is 11.3 Å². The summed E-state index contributed by atoms with van der Waals surface area (Å²) in [5.41, 5.74) is 3.95. The van der Waals surface area contributed by atoms with Gasteiger partial charge in [0.15, 0.2) is 0 Å². The smallest absolute Gasteiger partial charge is 0.416 e. The number of nitrogens with one attached hydrogen (secondary N) is 1. The van der Waals surface area contributed by atoms with Gasteiger partial charge in [0.1, 0.15) is 16.8 Å². The highest BCUT2D eigenvalue weighted by molar-refractivity contribution is 7.89. The Morgan fingerprint density at radius 2 is 1.85 bits per heavy atom. The van der Waals surface area contributed by atoms with Crippen LogP contribution in [-0.4, -0.2) is 52.3 Å². The average Bonchev–Trinajstić information content (AvgIpc) is 3.51. The van der Waals surface area contributed by atoms with Crippen LogP contribution in [0.2, 0.25) is 0 Å². The Morgan fingerprint density at radius 1 is 1.09 bits per heavy atom. The molecule has 0 spiro atoms. The Bertz CT molecular complexity index is 2290. The number of hydrogen-bond acceptors (Lipinski definition) is 7. The van der Waals surface area contributed by atoms with Gasteiger partial charge < -0.3 is 10.1 Å². The molecule has 0 radical (unpaired) electrons. The van der Waals surface area contributed by atoms with Crippen LogP contribution in [-0.2, 0) is 40.5 Å². The molecule has 2 aromatic heterocycles. The molecule has 280 valence electrons. The minimum Gasteiger partial charge on any atom is -0.494 e. The number of sulfonamides is 1. The number of nitrogens with zero attached hydrogens (tertiary/aromatic N) is 5. The van der Waals surface area contributed by atoms with Crippen molar-refractivity contribution < 1.29 is 31.1 Å². The molecule has 1 aliphatic rings. The fraction of sp³-hybridized carbons (Fsp3) is 0.385. The van der Waals surface area contributed by atoms with Crippen molar-refractivity contribution in [2.45, 2.75) is 78.0 Å². The van der Waals surface area contributed by atoms with E-state index in [1.54, 1.807) is 36.3 Å². The Kier molecular flexibility index (Phi) is 10.2. The zero-order chi connectivity index (χ0) is 38.5. The van der Waals surface area contributed by atoms with Crippen molar-refractivity contribution in [1.29, 1.82) is 0 Å². The minimum atomic E-state index is -4.59. The Hall–Kier alpha value is -4.82. The zero-order valence-electron chi connectivity index (χ0n) is 30.7. The van der Waals surface area contributed by atoms with Gasteiger partial charge >= 0.3 is 6.18 Å². The summed E-state index contributed by atoms with van der Waals surface area (Å²) in [6.07, 6.45) is -1.22. The Labute approximate surface area is 307 Å². The summed E-state index contributed by atoms with van der Waals surface area (Å²) < 4.78 is 78.0. The highest BCUT2D eigenvalue weighted by atomic mass is 32.2. The lowest BCUT2D eigenvalue weighted by atomic mass is 9.69. The van der Waals surface area contributed by atoms with E-state index in [1.807, 2.05) is 65.8 Å². The highest BCUT2D eigenvalue weighted by Gasteiger charge is 2.42. The van der Waals surface area contributed by atoms with Crippen molar-refractivity contribution in [2.75, 3.05) is 19.0 Å². The van der Waals surface area contributed by atoms with E-state index in [-0.39, 0.29) is 41.8 Å². The maximum Gasteiger partial charge on any atom is 0.416 e. The summed E-state index contributed by atoms with van der Waals surface area (Å²) in [7, 11) is -2.60. The lowest BCUT2D eigenvalue weighted by Gasteiger charge is -2.35. The van der Waals surface area contributed by atoms with E-state index in [0.29, 0.717) is 29.1 Å². The van der Waals surface area contributed by atoms with Gasteiger partial charge in [-0.2, -0.15) is 17.5 Å².